The van der Waals surface area contributed by atoms with Gasteiger partial charge in [0.25, 0.3) is 0 Å². The quantitative estimate of drug-likeness (QED) is 0.587. The van der Waals surface area contributed by atoms with Gasteiger partial charge in [0.15, 0.2) is 5.96 Å². The Morgan fingerprint density at radius 1 is 1.25 bits per heavy atom. The second kappa shape index (κ2) is 9.94. The second-order valence-corrected chi connectivity index (χ2v) is 7.85. The molecule has 0 amide bonds. The zero-order valence-electron chi connectivity index (χ0n) is 15.5. The smallest absolute Gasteiger partial charge is 0.191 e. The van der Waals surface area contributed by atoms with Gasteiger partial charge >= 0.3 is 0 Å². The summed E-state index contributed by atoms with van der Waals surface area (Å²) in [6.07, 6.45) is 6.01. The number of guanidine groups is 1. The summed E-state index contributed by atoms with van der Waals surface area (Å²) in [5, 5.41) is 7.82. The molecule has 2 N–H and O–H groups in total. The van der Waals surface area contributed by atoms with Crippen LogP contribution in [0.3, 0.4) is 0 Å². The van der Waals surface area contributed by atoms with Gasteiger partial charge in [0.1, 0.15) is 0 Å². The van der Waals surface area contributed by atoms with Gasteiger partial charge in [-0.15, -0.1) is 0 Å². The van der Waals surface area contributed by atoms with Crippen molar-refractivity contribution in [3.05, 3.63) is 35.4 Å². The molecule has 1 saturated carbocycles. The summed E-state index contributed by atoms with van der Waals surface area (Å²) in [6.45, 7) is 4.69. The van der Waals surface area contributed by atoms with Gasteiger partial charge in [0, 0.05) is 24.4 Å². The topological polar surface area (TPSA) is 39.7 Å². The Hall–Kier alpha value is -1.20. The van der Waals surface area contributed by atoms with E-state index < -0.39 is 0 Å². The Morgan fingerprint density at radius 2 is 2.00 bits per heavy atom. The zero-order valence-corrected chi connectivity index (χ0v) is 16.3. The van der Waals surface area contributed by atoms with Crippen LogP contribution in [0.15, 0.2) is 29.3 Å². The van der Waals surface area contributed by atoms with Crippen molar-refractivity contribution < 1.29 is 0 Å². The van der Waals surface area contributed by atoms with E-state index in [0.717, 1.165) is 30.8 Å². The van der Waals surface area contributed by atoms with Crippen molar-refractivity contribution in [2.45, 2.75) is 50.6 Å². The van der Waals surface area contributed by atoms with Crippen LogP contribution in [0.5, 0.6) is 0 Å². The molecule has 5 heteroatoms. The van der Waals surface area contributed by atoms with Gasteiger partial charge in [0.05, 0.1) is 6.54 Å². The van der Waals surface area contributed by atoms with E-state index in [0.29, 0.717) is 6.04 Å². The predicted octanol–water partition coefficient (Wildman–Crippen LogP) is 3.09. The van der Waals surface area contributed by atoms with E-state index >= 15 is 0 Å². The fourth-order valence-electron chi connectivity index (χ4n) is 3.17. The lowest BCUT2D eigenvalue weighted by Crippen LogP contribution is -2.42. The minimum Gasteiger partial charge on any atom is -0.357 e. The first kappa shape index (κ1) is 19.1. The molecule has 1 aromatic rings. The maximum atomic E-state index is 4.84. The summed E-state index contributed by atoms with van der Waals surface area (Å²) < 4.78 is 0. The van der Waals surface area contributed by atoms with Crippen LogP contribution in [0.4, 0.5) is 0 Å². The molecule has 134 valence electrons. The minimum absolute atomic E-state index is 0.553. The molecule has 0 aromatic heterocycles. The highest BCUT2D eigenvalue weighted by molar-refractivity contribution is 7.99. The maximum absolute atomic E-state index is 4.84. The van der Waals surface area contributed by atoms with Gasteiger partial charge in [-0.3, -0.25) is 0 Å². The van der Waals surface area contributed by atoms with E-state index in [2.05, 4.69) is 67.1 Å². The van der Waals surface area contributed by atoms with Crippen LogP contribution in [0.25, 0.3) is 0 Å². The van der Waals surface area contributed by atoms with Crippen LogP contribution in [0.2, 0.25) is 0 Å². The van der Waals surface area contributed by atoms with Crippen molar-refractivity contribution in [1.82, 2.24) is 15.5 Å². The number of nitrogens with zero attached hydrogens (tertiary/aromatic N) is 2. The predicted molar refractivity (Wildman–Crippen MR) is 107 cm³/mol. The number of rotatable bonds is 7. The summed E-state index contributed by atoms with van der Waals surface area (Å²) in [6, 6.07) is 9.15. The third-order valence-corrected chi connectivity index (χ3v) is 5.51. The lowest BCUT2D eigenvalue weighted by atomic mass is 10.1. The lowest BCUT2D eigenvalue weighted by Gasteiger charge is -2.18. The lowest BCUT2D eigenvalue weighted by molar-refractivity contribution is 0.401. The highest BCUT2D eigenvalue weighted by Gasteiger charge is 2.24. The molecule has 24 heavy (non-hydrogen) atoms. The van der Waals surface area contributed by atoms with E-state index in [4.69, 9.17) is 4.99 Å². The molecule has 0 heterocycles. The van der Waals surface area contributed by atoms with Crippen molar-refractivity contribution in [3.63, 3.8) is 0 Å². The molecular formula is C19H32N4S. The molecule has 1 aromatic carbocycles. The van der Waals surface area contributed by atoms with E-state index in [1.54, 1.807) is 0 Å². The minimum atomic E-state index is 0.553. The standard InChI is InChI=1S/C19H32N4S/c1-5-20-19(22-17-10-11-18(12-17)24-4)21-13-15-8-6-7-9-16(15)14-23(2)3/h6-9,17-18H,5,10-14H2,1-4H3,(H2,20,21,22). The Bertz CT molecular complexity index is 530. The summed E-state index contributed by atoms with van der Waals surface area (Å²) in [5.41, 5.74) is 2.65. The fourth-order valence-corrected chi connectivity index (χ4v) is 3.97. The summed E-state index contributed by atoms with van der Waals surface area (Å²) in [7, 11) is 4.21. The fraction of sp³-hybridized carbons (Fsp3) is 0.632. The molecule has 2 atom stereocenters. The van der Waals surface area contributed by atoms with Crippen molar-refractivity contribution in [2.24, 2.45) is 4.99 Å². The second-order valence-electron chi connectivity index (χ2n) is 6.71. The first-order valence-corrected chi connectivity index (χ1v) is 10.2. The molecule has 1 aliphatic carbocycles. The van der Waals surface area contributed by atoms with Gasteiger partial charge in [-0.25, -0.2) is 4.99 Å². The highest BCUT2D eigenvalue weighted by Crippen LogP contribution is 2.28. The van der Waals surface area contributed by atoms with Crippen LogP contribution < -0.4 is 10.6 Å². The van der Waals surface area contributed by atoms with E-state index in [-0.39, 0.29) is 0 Å². The Labute approximate surface area is 151 Å². The van der Waals surface area contributed by atoms with Crippen molar-refractivity contribution in [1.29, 1.82) is 0 Å². The Balaban J connectivity index is 2.00. The average molecular weight is 349 g/mol. The van der Waals surface area contributed by atoms with Crippen LogP contribution in [0.1, 0.15) is 37.3 Å². The van der Waals surface area contributed by atoms with Crippen molar-refractivity contribution >= 4 is 17.7 Å². The molecule has 0 radical (unpaired) electrons. The molecule has 0 spiro atoms. The number of hydrogen-bond acceptors (Lipinski definition) is 3. The molecule has 1 fully saturated rings. The number of aliphatic imine (C=N–C) groups is 1. The first-order chi connectivity index (χ1) is 11.6. The van der Waals surface area contributed by atoms with Gasteiger partial charge in [0.2, 0.25) is 0 Å². The molecule has 2 rings (SSSR count). The average Bonchev–Trinajstić information content (AvgIpc) is 3.01. The maximum Gasteiger partial charge on any atom is 0.191 e. The van der Waals surface area contributed by atoms with E-state index in [1.165, 1.54) is 30.4 Å². The summed E-state index contributed by atoms with van der Waals surface area (Å²) >= 11 is 1.99. The van der Waals surface area contributed by atoms with Crippen LogP contribution in [-0.2, 0) is 13.1 Å². The van der Waals surface area contributed by atoms with Gasteiger partial charge in [-0.1, -0.05) is 24.3 Å². The van der Waals surface area contributed by atoms with Crippen LogP contribution in [-0.4, -0.2) is 49.0 Å². The third kappa shape index (κ3) is 6.02. The van der Waals surface area contributed by atoms with Crippen molar-refractivity contribution in [3.8, 4) is 0 Å². The Morgan fingerprint density at radius 3 is 2.62 bits per heavy atom. The van der Waals surface area contributed by atoms with Gasteiger partial charge in [-0.2, -0.15) is 11.8 Å². The summed E-state index contributed by atoms with van der Waals surface area (Å²) in [4.78, 5) is 7.04. The normalized spacial score (nSPS) is 21.3. The summed E-state index contributed by atoms with van der Waals surface area (Å²) in [5.74, 6) is 0.948. The zero-order chi connectivity index (χ0) is 17.4. The first-order valence-electron chi connectivity index (χ1n) is 8.91. The van der Waals surface area contributed by atoms with Gasteiger partial charge in [-0.05, 0) is 57.7 Å². The number of nitrogens with one attached hydrogen (secondary N) is 2. The van der Waals surface area contributed by atoms with E-state index in [1.807, 2.05) is 11.8 Å². The van der Waals surface area contributed by atoms with Crippen molar-refractivity contribution in [2.75, 3.05) is 26.9 Å². The largest absolute Gasteiger partial charge is 0.357 e. The molecule has 4 nitrogen and oxygen atoms in total. The molecule has 0 aliphatic heterocycles. The molecule has 2 unspecified atom stereocenters. The molecular weight excluding hydrogens is 316 g/mol. The molecule has 1 aliphatic rings. The third-order valence-electron chi connectivity index (χ3n) is 4.42. The number of thioether (sulfide) groups is 1. The monoisotopic (exact) mass is 348 g/mol. The van der Waals surface area contributed by atoms with Gasteiger partial charge < -0.3 is 15.5 Å². The molecule has 0 bridgehead atoms. The van der Waals surface area contributed by atoms with E-state index in [9.17, 15) is 0 Å². The van der Waals surface area contributed by atoms with Crippen LogP contribution >= 0.6 is 11.8 Å². The highest BCUT2D eigenvalue weighted by atomic mass is 32.2. The van der Waals surface area contributed by atoms with Crippen LogP contribution in [0, 0.1) is 0 Å². The Kier molecular flexibility index (Phi) is 7.92. The number of benzene rings is 1. The molecule has 0 saturated heterocycles. The SMILES string of the molecule is CCNC(=NCc1ccccc1CN(C)C)NC1CCC(SC)C1. The number of hydrogen-bond donors (Lipinski definition) is 2.